The summed E-state index contributed by atoms with van der Waals surface area (Å²) in [4.78, 5) is 0. The Morgan fingerprint density at radius 3 is 3.06 bits per heavy atom. The molecule has 4 heteroatoms. The number of hydrogen-bond donors (Lipinski definition) is 1. The van der Waals surface area contributed by atoms with Crippen molar-refractivity contribution in [1.82, 2.24) is 15.1 Å². The van der Waals surface area contributed by atoms with E-state index in [0.29, 0.717) is 6.10 Å². The van der Waals surface area contributed by atoms with Gasteiger partial charge >= 0.3 is 0 Å². The van der Waals surface area contributed by atoms with Crippen LogP contribution in [0.4, 0.5) is 0 Å². The van der Waals surface area contributed by atoms with Crippen molar-refractivity contribution in [2.75, 3.05) is 13.2 Å². The van der Waals surface area contributed by atoms with Crippen molar-refractivity contribution in [2.45, 2.75) is 38.3 Å². The maximum Gasteiger partial charge on any atom is 0.0785 e. The summed E-state index contributed by atoms with van der Waals surface area (Å²) < 4.78 is 7.80. The minimum Gasteiger partial charge on any atom is -0.376 e. The average Bonchev–Trinajstić information content (AvgIpc) is 2.73. The Bertz CT molecular complexity index is 318. The van der Waals surface area contributed by atoms with Gasteiger partial charge in [-0.1, -0.05) is 6.92 Å². The van der Waals surface area contributed by atoms with E-state index in [4.69, 9.17) is 4.74 Å². The van der Waals surface area contributed by atoms with Crippen LogP contribution in [-0.2, 0) is 11.8 Å². The van der Waals surface area contributed by atoms with Crippen LogP contribution in [0.25, 0.3) is 0 Å². The highest BCUT2D eigenvalue weighted by Crippen LogP contribution is 2.25. The fourth-order valence-electron chi connectivity index (χ4n) is 2.36. The van der Waals surface area contributed by atoms with E-state index in [0.717, 1.165) is 19.6 Å². The summed E-state index contributed by atoms with van der Waals surface area (Å²) in [5, 5.41) is 7.75. The number of nitrogens with zero attached hydrogens (tertiary/aromatic N) is 2. The van der Waals surface area contributed by atoms with Crippen molar-refractivity contribution in [2.24, 2.45) is 7.05 Å². The van der Waals surface area contributed by atoms with Gasteiger partial charge in [-0.3, -0.25) is 4.68 Å². The molecular formula is C12H21N3O. The van der Waals surface area contributed by atoms with Gasteiger partial charge in [0.25, 0.3) is 0 Å². The average molecular weight is 223 g/mol. The van der Waals surface area contributed by atoms with Crippen LogP contribution in [-0.4, -0.2) is 29.0 Å². The van der Waals surface area contributed by atoms with Crippen LogP contribution >= 0.6 is 0 Å². The molecule has 1 aromatic heterocycles. The Morgan fingerprint density at radius 1 is 1.62 bits per heavy atom. The number of aryl methyl sites for hydroxylation is 1. The molecule has 4 nitrogen and oxygen atoms in total. The van der Waals surface area contributed by atoms with Gasteiger partial charge in [0.2, 0.25) is 0 Å². The molecule has 1 aliphatic rings. The van der Waals surface area contributed by atoms with E-state index in [1.54, 1.807) is 0 Å². The van der Waals surface area contributed by atoms with Crippen molar-refractivity contribution < 1.29 is 4.74 Å². The highest BCUT2D eigenvalue weighted by Gasteiger charge is 2.27. The highest BCUT2D eigenvalue weighted by molar-refractivity contribution is 5.09. The minimum absolute atomic E-state index is 0.276. The van der Waals surface area contributed by atoms with E-state index in [-0.39, 0.29) is 6.04 Å². The molecule has 0 saturated carbocycles. The molecule has 90 valence electrons. The normalized spacial score (nSPS) is 23.2. The van der Waals surface area contributed by atoms with Crippen LogP contribution in [0.1, 0.15) is 37.9 Å². The predicted octanol–water partition coefficient (Wildman–Crippen LogP) is 1.64. The first-order valence-corrected chi connectivity index (χ1v) is 6.15. The lowest BCUT2D eigenvalue weighted by Gasteiger charge is -2.31. The summed E-state index contributed by atoms with van der Waals surface area (Å²) in [6.07, 6.45) is 5.75. The van der Waals surface area contributed by atoms with E-state index in [1.807, 2.05) is 17.9 Å². The van der Waals surface area contributed by atoms with E-state index in [2.05, 4.69) is 23.4 Å². The Balaban J connectivity index is 2.12. The minimum atomic E-state index is 0.276. The van der Waals surface area contributed by atoms with Crippen LogP contribution in [0.2, 0.25) is 0 Å². The summed E-state index contributed by atoms with van der Waals surface area (Å²) in [5.74, 6) is 0. The molecule has 1 fully saturated rings. The fourth-order valence-corrected chi connectivity index (χ4v) is 2.36. The molecule has 0 aromatic carbocycles. The second-order valence-corrected chi connectivity index (χ2v) is 4.32. The molecular weight excluding hydrogens is 202 g/mol. The number of aromatic nitrogens is 2. The standard InChI is InChI=1S/C12H21N3O/c1-3-13-12(10-7-8-14-15(10)2)11-6-4-5-9-16-11/h7-8,11-13H,3-6,9H2,1-2H3. The van der Waals surface area contributed by atoms with Gasteiger partial charge in [0.05, 0.1) is 17.8 Å². The molecule has 1 aromatic rings. The summed E-state index contributed by atoms with van der Waals surface area (Å²) in [6, 6.07) is 2.35. The Labute approximate surface area is 97.0 Å². The summed E-state index contributed by atoms with van der Waals surface area (Å²) in [7, 11) is 1.99. The van der Waals surface area contributed by atoms with Crippen LogP contribution in [0.5, 0.6) is 0 Å². The third kappa shape index (κ3) is 2.44. The third-order valence-electron chi connectivity index (χ3n) is 3.19. The van der Waals surface area contributed by atoms with Crippen molar-refractivity contribution in [3.63, 3.8) is 0 Å². The van der Waals surface area contributed by atoms with Crippen molar-refractivity contribution >= 4 is 0 Å². The molecule has 2 atom stereocenters. The molecule has 2 heterocycles. The zero-order chi connectivity index (χ0) is 11.4. The van der Waals surface area contributed by atoms with Crippen molar-refractivity contribution in [3.05, 3.63) is 18.0 Å². The zero-order valence-electron chi connectivity index (χ0n) is 10.1. The lowest BCUT2D eigenvalue weighted by Crippen LogP contribution is -2.37. The number of hydrogen-bond acceptors (Lipinski definition) is 3. The first-order chi connectivity index (χ1) is 7.83. The number of ether oxygens (including phenoxy) is 1. The highest BCUT2D eigenvalue weighted by atomic mass is 16.5. The first-order valence-electron chi connectivity index (χ1n) is 6.15. The number of likely N-dealkylation sites (N-methyl/N-ethyl adjacent to an activating group) is 1. The van der Waals surface area contributed by atoms with Gasteiger partial charge in [0.1, 0.15) is 0 Å². The Morgan fingerprint density at radius 2 is 2.50 bits per heavy atom. The van der Waals surface area contributed by atoms with E-state index < -0.39 is 0 Å². The zero-order valence-corrected chi connectivity index (χ0v) is 10.1. The van der Waals surface area contributed by atoms with Crippen LogP contribution in [0.3, 0.4) is 0 Å². The molecule has 1 N–H and O–H groups in total. The van der Waals surface area contributed by atoms with Crippen LogP contribution in [0.15, 0.2) is 12.3 Å². The maximum atomic E-state index is 5.87. The number of rotatable bonds is 4. The number of nitrogens with one attached hydrogen (secondary N) is 1. The Kier molecular flexibility index (Phi) is 3.96. The molecule has 0 bridgehead atoms. The summed E-state index contributed by atoms with van der Waals surface area (Å²) in [6.45, 7) is 3.98. The molecule has 1 saturated heterocycles. The lowest BCUT2D eigenvalue weighted by molar-refractivity contribution is -0.00949. The molecule has 2 unspecified atom stereocenters. The van der Waals surface area contributed by atoms with Crippen LogP contribution in [0, 0.1) is 0 Å². The second kappa shape index (κ2) is 5.46. The molecule has 0 aliphatic carbocycles. The molecule has 1 aliphatic heterocycles. The lowest BCUT2D eigenvalue weighted by atomic mass is 9.99. The van der Waals surface area contributed by atoms with Crippen LogP contribution < -0.4 is 5.32 Å². The quantitative estimate of drug-likeness (QED) is 0.843. The largest absolute Gasteiger partial charge is 0.376 e. The Hall–Kier alpha value is -0.870. The maximum absolute atomic E-state index is 5.87. The van der Waals surface area contributed by atoms with E-state index >= 15 is 0 Å². The van der Waals surface area contributed by atoms with Gasteiger partial charge < -0.3 is 10.1 Å². The van der Waals surface area contributed by atoms with Crippen molar-refractivity contribution in [3.8, 4) is 0 Å². The molecule has 0 spiro atoms. The summed E-state index contributed by atoms with van der Waals surface area (Å²) in [5.41, 5.74) is 1.22. The van der Waals surface area contributed by atoms with E-state index in [9.17, 15) is 0 Å². The molecule has 0 radical (unpaired) electrons. The van der Waals surface area contributed by atoms with Gasteiger partial charge in [-0.2, -0.15) is 5.10 Å². The fraction of sp³-hybridized carbons (Fsp3) is 0.750. The molecule has 2 rings (SSSR count). The van der Waals surface area contributed by atoms with Gasteiger partial charge in [0.15, 0.2) is 0 Å². The van der Waals surface area contributed by atoms with Gasteiger partial charge in [0, 0.05) is 19.9 Å². The summed E-state index contributed by atoms with van der Waals surface area (Å²) >= 11 is 0. The van der Waals surface area contributed by atoms with Gasteiger partial charge in [-0.05, 0) is 31.9 Å². The molecule has 16 heavy (non-hydrogen) atoms. The van der Waals surface area contributed by atoms with Crippen molar-refractivity contribution in [1.29, 1.82) is 0 Å². The van der Waals surface area contributed by atoms with E-state index in [1.165, 1.54) is 18.5 Å². The predicted molar refractivity (Wildman–Crippen MR) is 63.2 cm³/mol. The SMILES string of the molecule is CCNC(c1ccnn1C)C1CCCCO1. The first kappa shape index (κ1) is 11.6. The third-order valence-corrected chi connectivity index (χ3v) is 3.19. The monoisotopic (exact) mass is 223 g/mol. The smallest absolute Gasteiger partial charge is 0.0785 e. The molecule has 0 amide bonds. The topological polar surface area (TPSA) is 39.1 Å². The van der Waals surface area contributed by atoms with Gasteiger partial charge in [-0.25, -0.2) is 0 Å². The van der Waals surface area contributed by atoms with Gasteiger partial charge in [-0.15, -0.1) is 0 Å². The second-order valence-electron chi connectivity index (χ2n) is 4.32.